The second-order valence-electron chi connectivity index (χ2n) is 34.2. The summed E-state index contributed by atoms with van der Waals surface area (Å²) in [4.78, 5) is 53.9. The Morgan fingerprint density at radius 2 is 0.887 bits per heavy atom. The standard InChI is InChI=1S/C85H153N3O36/c1-5-7-9-11-13-15-17-19-20-21-22-23-24-25-26-28-30-32-34-36-38-40-59(99)87-51(52(96)39-37-35-33-31-29-27-18-16-14-12-10-8-6-2)48-113-80-71(109)69(107)73(57(45-92)117-80)119-82-72(110)77(124-85(84(111)112)41-53(97)61(88-60(100)47-94)76(123-85)64(102)54(98)42-89)74(58(46-93)118-82)120-79-62(86-50(4)95)75(66(104)56(44-91)115-79)121-83-78(68(106)65(103)55(43-90)116-83)122-81-70(108)67(105)63(101)49(3)114-81/h37,39,49,51-58,61-83,89-94,96-98,101-110H,5-36,38,40-48H2,1-4H3,(H,86,95)(H,87,99)(H,88,100)(H,111,112)/b39-37+/t49?,51-,52+,53?,54+,55?,56?,57?,58?,61+,62?,63+,64+,65-,66-,67?,68-,69+,70-,71?,72?,73+,74-,75+,76?,77+,78?,79-,80+,81+,82-,83-,85-/m0/s1. The minimum atomic E-state index is -3.50. The van der Waals surface area contributed by atoms with Gasteiger partial charge < -0.3 is 175 Å². The Morgan fingerprint density at radius 3 is 1.40 bits per heavy atom. The number of carbonyl (C=O) groups is 4. The molecule has 33 atom stereocenters. The van der Waals surface area contributed by atoms with E-state index in [-0.39, 0.29) is 6.42 Å². The molecule has 0 saturated carbocycles. The number of nitrogens with one attached hydrogen (secondary N) is 3. The predicted octanol–water partition coefficient (Wildman–Crippen LogP) is -0.878. The van der Waals surface area contributed by atoms with Crippen LogP contribution in [0.3, 0.4) is 0 Å². The summed E-state index contributed by atoms with van der Waals surface area (Å²) in [6.07, 6.45) is -20.3. The summed E-state index contributed by atoms with van der Waals surface area (Å²) in [5.41, 5.74) is 0. The van der Waals surface area contributed by atoms with Crippen molar-refractivity contribution in [1.29, 1.82) is 0 Å². The second kappa shape index (κ2) is 58.3. The van der Waals surface area contributed by atoms with E-state index in [1.807, 2.05) is 0 Å². The quantitative estimate of drug-likeness (QED) is 0.0260. The lowest BCUT2D eigenvalue weighted by molar-refractivity contribution is -0.405. The summed E-state index contributed by atoms with van der Waals surface area (Å²) < 4.78 is 72.6. The highest BCUT2D eigenvalue weighted by Gasteiger charge is 2.63. The van der Waals surface area contributed by atoms with Crippen LogP contribution in [0.4, 0.5) is 0 Å². The molecule has 6 fully saturated rings. The van der Waals surface area contributed by atoms with Gasteiger partial charge >= 0.3 is 5.97 Å². The van der Waals surface area contributed by atoms with Gasteiger partial charge in [0.05, 0.1) is 70.0 Å². The molecular formula is C85H153N3O36. The molecule has 6 saturated heterocycles. The Labute approximate surface area is 727 Å². The minimum Gasteiger partial charge on any atom is -0.477 e. The zero-order valence-electron chi connectivity index (χ0n) is 72.8. The molecule has 39 heteroatoms. The first-order valence-electron chi connectivity index (χ1n) is 45.6. The highest BCUT2D eigenvalue weighted by atomic mass is 16.8. The molecule has 6 aliphatic rings. The summed E-state index contributed by atoms with van der Waals surface area (Å²) in [7, 11) is 0. The number of hydrogen-bond donors (Lipinski definition) is 23. The number of ether oxygens (including phenoxy) is 12. The Kier molecular flexibility index (Phi) is 51.3. The zero-order valence-corrected chi connectivity index (χ0v) is 72.8. The first-order chi connectivity index (χ1) is 59.5. The largest absolute Gasteiger partial charge is 0.477 e. The molecule has 0 aromatic rings. The van der Waals surface area contributed by atoms with Crippen LogP contribution in [0.5, 0.6) is 0 Å². The van der Waals surface area contributed by atoms with Crippen molar-refractivity contribution in [2.24, 2.45) is 0 Å². The normalized spacial score (nSPS) is 35.2. The van der Waals surface area contributed by atoms with Gasteiger partial charge in [-0.2, -0.15) is 0 Å². The summed E-state index contributed by atoms with van der Waals surface area (Å²) in [6, 6.07) is -5.17. The maximum Gasteiger partial charge on any atom is 0.364 e. The number of aliphatic carboxylic acids is 1. The van der Waals surface area contributed by atoms with Crippen LogP contribution in [-0.2, 0) is 76.0 Å². The fourth-order valence-electron chi connectivity index (χ4n) is 16.8. The second-order valence-corrected chi connectivity index (χ2v) is 34.2. The van der Waals surface area contributed by atoms with Gasteiger partial charge in [-0.25, -0.2) is 4.79 Å². The van der Waals surface area contributed by atoms with Crippen molar-refractivity contribution < 1.29 is 178 Å². The molecule has 39 nitrogen and oxygen atoms in total. The highest BCUT2D eigenvalue weighted by molar-refractivity contribution is 5.78. The number of aliphatic hydroxyl groups is 19. The van der Waals surface area contributed by atoms with Gasteiger partial charge in [-0.1, -0.05) is 219 Å². The number of carbonyl (C=O) groups excluding carboxylic acids is 3. The molecule has 23 N–H and O–H groups in total. The van der Waals surface area contributed by atoms with E-state index in [1.165, 1.54) is 148 Å². The Morgan fingerprint density at radius 1 is 0.444 bits per heavy atom. The average Bonchev–Trinajstić information content (AvgIpc) is 0.745. The van der Waals surface area contributed by atoms with Gasteiger partial charge in [0, 0.05) is 19.8 Å². The molecule has 124 heavy (non-hydrogen) atoms. The highest BCUT2D eigenvalue weighted by Crippen LogP contribution is 2.42. The molecule has 6 rings (SSSR count). The van der Waals surface area contributed by atoms with Crippen molar-refractivity contribution in [2.75, 3.05) is 46.2 Å². The van der Waals surface area contributed by atoms with Crippen LogP contribution in [-0.4, -0.2) is 374 Å². The van der Waals surface area contributed by atoms with Crippen LogP contribution in [0.1, 0.15) is 252 Å². The molecule has 0 spiro atoms. The number of carboxylic acids is 1. The van der Waals surface area contributed by atoms with Crippen molar-refractivity contribution in [1.82, 2.24) is 16.0 Å². The van der Waals surface area contributed by atoms with Crippen molar-refractivity contribution in [3.63, 3.8) is 0 Å². The van der Waals surface area contributed by atoms with Crippen LogP contribution in [0.2, 0.25) is 0 Å². The Balaban J connectivity index is 1.23. The number of aliphatic hydroxyl groups excluding tert-OH is 19. The van der Waals surface area contributed by atoms with E-state index in [0.29, 0.717) is 12.8 Å². The van der Waals surface area contributed by atoms with Gasteiger partial charge in [0.2, 0.25) is 17.7 Å². The maximum atomic E-state index is 14.0. The summed E-state index contributed by atoms with van der Waals surface area (Å²) in [5.74, 6) is -8.38. The van der Waals surface area contributed by atoms with Gasteiger partial charge in [0.1, 0.15) is 141 Å². The van der Waals surface area contributed by atoms with E-state index in [1.54, 1.807) is 6.08 Å². The zero-order chi connectivity index (χ0) is 91.0. The lowest BCUT2D eigenvalue weighted by Crippen LogP contribution is -2.72. The lowest BCUT2D eigenvalue weighted by Gasteiger charge is -2.53. The molecular weight excluding hydrogens is 1640 g/mol. The fourth-order valence-corrected chi connectivity index (χ4v) is 16.8. The predicted molar refractivity (Wildman–Crippen MR) is 439 cm³/mol. The molecule has 0 aromatic carbocycles. The first kappa shape index (κ1) is 109. The summed E-state index contributed by atoms with van der Waals surface area (Å²) in [5, 5.41) is 231. The third kappa shape index (κ3) is 33.6. The summed E-state index contributed by atoms with van der Waals surface area (Å²) in [6.45, 7) is -1.07. The van der Waals surface area contributed by atoms with E-state index >= 15 is 0 Å². The van der Waals surface area contributed by atoms with Gasteiger partial charge in [-0.05, 0) is 26.2 Å². The molecule has 0 radical (unpaired) electrons. The Hall–Kier alpha value is -3.62. The molecule has 0 aliphatic carbocycles. The van der Waals surface area contributed by atoms with Gasteiger partial charge in [0.25, 0.3) is 5.79 Å². The molecule has 6 heterocycles. The number of allylic oxidation sites excluding steroid dienone is 1. The van der Waals surface area contributed by atoms with Crippen molar-refractivity contribution in [2.45, 2.75) is 454 Å². The first-order valence-corrected chi connectivity index (χ1v) is 45.6. The van der Waals surface area contributed by atoms with Crippen molar-refractivity contribution in [3.8, 4) is 0 Å². The summed E-state index contributed by atoms with van der Waals surface area (Å²) >= 11 is 0. The van der Waals surface area contributed by atoms with Gasteiger partial charge in [0.15, 0.2) is 31.5 Å². The SMILES string of the molecule is CCCCCCCCCCCCC/C=C/[C@@H](O)[C@H](CO[C@@H]1OC(CO)[C@@H](O[C@@H]2OC(CO)[C@H](O[C@@H]3OC(CO)[C@H](O)[C@H](O[C@@H]4OC(CO)[C@H](O)[C@H](O)C4O[C@H]4OC(C)[C@@H](O)C(O)[C@@H]4O)C3NC(C)=O)[C@H](O[C@]3(C(=O)O)CC(O)[C@@H](NC(=O)CO)C([C@H](O)[C@H](O)CO)O3)C2O)[C@H](O)C1O)NC(=O)CCCCCCCCCCCCCCCCCCCCCCC. The molecule has 12 unspecified atom stereocenters. The molecule has 0 bridgehead atoms. The molecule has 724 valence electrons. The number of amides is 3. The van der Waals surface area contributed by atoms with E-state index in [4.69, 9.17) is 56.8 Å². The van der Waals surface area contributed by atoms with Crippen LogP contribution < -0.4 is 16.0 Å². The van der Waals surface area contributed by atoms with Crippen LogP contribution in [0.15, 0.2) is 12.2 Å². The van der Waals surface area contributed by atoms with Gasteiger partial charge in [-0.3, -0.25) is 14.4 Å². The maximum absolute atomic E-state index is 14.0. The van der Waals surface area contributed by atoms with E-state index < -0.39 is 278 Å². The van der Waals surface area contributed by atoms with Crippen molar-refractivity contribution in [3.05, 3.63) is 12.2 Å². The van der Waals surface area contributed by atoms with Crippen molar-refractivity contribution >= 4 is 23.7 Å². The van der Waals surface area contributed by atoms with Gasteiger partial charge in [-0.15, -0.1) is 0 Å². The fraction of sp³-hybridized carbons (Fsp3) is 0.929. The topological polar surface area (TPSA) is 620 Å². The molecule has 3 amide bonds. The Bertz CT molecular complexity index is 2950. The smallest absolute Gasteiger partial charge is 0.364 e. The van der Waals surface area contributed by atoms with Crippen LogP contribution in [0.25, 0.3) is 0 Å². The third-order valence-electron chi connectivity index (χ3n) is 24.3. The lowest BCUT2D eigenvalue weighted by atomic mass is 9.88. The molecule has 6 aliphatic heterocycles. The van der Waals surface area contributed by atoms with Crippen LogP contribution >= 0.6 is 0 Å². The number of carboxylic acid groups (broad SMARTS) is 1. The molecule has 0 aromatic heterocycles. The van der Waals surface area contributed by atoms with E-state index in [9.17, 15) is 121 Å². The number of unbranched alkanes of at least 4 members (excludes halogenated alkanes) is 31. The van der Waals surface area contributed by atoms with E-state index in [0.717, 1.165) is 71.1 Å². The monoisotopic (exact) mass is 1790 g/mol. The van der Waals surface area contributed by atoms with Crippen LogP contribution in [0, 0.1) is 0 Å². The number of rotatable bonds is 61. The van der Waals surface area contributed by atoms with E-state index in [2.05, 4.69) is 29.8 Å². The third-order valence-corrected chi connectivity index (χ3v) is 24.3. The average molecular weight is 1790 g/mol. The number of hydrogen-bond acceptors (Lipinski definition) is 35. The minimum absolute atomic E-state index is 0.112.